The van der Waals surface area contributed by atoms with E-state index in [1.165, 1.54) is 12.7 Å². The lowest BCUT2D eigenvalue weighted by Crippen LogP contribution is -2.43. The van der Waals surface area contributed by atoms with E-state index < -0.39 is 0 Å². The number of carbonyl (C=O) groups excluding carboxylic acids is 1. The van der Waals surface area contributed by atoms with E-state index in [2.05, 4.69) is 69.4 Å². The zero-order valence-electron chi connectivity index (χ0n) is 17.3. The molecule has 6 nitrogen and oxygen atoms in total. The number of methoxy groups -OCH3 is 1. The monoisotopic (exact) mass is 376 g/mol. The first kappa shape index (κ1) is 23.0. The molecule has 27 heavy (non-hydrogen) atoms. The van der Waals surface area contributed by atoms with Crippen LogP contribution in [0.25, 0.3) is 0 Å². The second-order valence-electron chi connectivity index (χ2n) is 6.41. The molecule has 0 spiro atoms. The van der Waals surface area contributed by atoms with Gasteiger partial charge in [0.15, 0.2) is 5.96 Å². The first-order valence-corrected chi connectivity index (χ1v) is 9.96. The van der Waals surface area contributed by atoms with Crippen molar-refractivity contribution in [3.63, 3.8) is 0 Å². The third kappa shape index (κ3) is 8.91. The number of aliphatic imine (C=N–C) groups is 1. The second-order valence-corrected chi connectivity index (χ2v) is 6.41. The fourth-order valence-corrected chi connectivity index (χ4v) is 3.09. The van der Waals surface area contributed by atoms with Crippen LogP contribution >= 0.6 is 0 Å². The van der Waals surface area contributed by atoms with E-state index >= 15 is 0 Å². The molecule has 1 atom stereocenters. The third-order valence-electron chi connectivity index (χ3n) is 4.70. The molecule has 0 bridgehead atoms. The highest BCUT2D eigenvalue weighted by atomic mass is 16.5. The normalized spacial score (nSPS) is 12.7. The molecule has 0 fully saturated rings. The fourth-order valence-electron chi connectivity index (χ4n) is 3.09. The Kier molecular flexibility index (Phi) is 11.9. The molecule has 1 rings (SSSR count). The van der Waals surface area contributed by atoms with Crippen LogP contribution in [0.3, 0.4) is 0 Å². The highest BCUT2D eigenvalue weighted by Gasteiger charge is 2.18. The smallest absolute Gasteiger partial charge is 0.305 e. The van der Waals surface area contributed by atoms with E-state index in [1.807, 2.05) is 0 Å². The van der Waals surface area contributed by atoms with Crippen LogP contribution in [0.2, 0.25) is 0 Å². The molecule has 0 aliphatic heterocycles. The molecule has 152 valence electrons. The summed E-state index contributed by atoms with van der Waals surface area (Å²) >= 11 is 0. The molecular formula is C21H36N4O2. The fraction of sp³-hybridized carbons (Fsp3) is 0.619. The molecule has 6 heteroatoms. The molecule has 1 unspecified atom stereocenters. The Bertz CT molecular complexity index is 544. The number of esters is 1. The lowest BCUT2D eigenvalue weighted by Gasteiger charge is -2.30. The van der Waals surface area contributed by atoms with Crippen LogP contribution < -0.4 is 10.6 Å². The predicted molar refractivity (Wildman–Crippen MR) is 112 cm³/mol. The summed E-state index contributed by atoms with van der Waals surface area (Å²) in [6.45, 7) is 8.03. The number of unbranched alkanes of at least 4 members (excludes halogenated alkanes) is 2. The van der Waals surface area contributed by atoms with Crippen LogP contribution in [0.4, 0.5) is 0 Å². The summed E-state index contributed by atoms with van der Waals surface area (Å²) in [5.74, 6) is 0.680. The maximum absolute atomic E-state index is 11.1. The van der Waals surface area contributed by atoms with Gasteiger partial charge in [-0.1, -0.05) is 50.6 Å². The first-order chi connectivity index (χ1) is 13.2. The zero-order chi connectivity index (χ0) is 19.9. The average Bonchev–Trinajstić information content (AvgIpc) is 2.72. The number of benzene rings is 1. The highest BCUT2D eigenvalue weighted by Crippen LogP contribution is 2.19. The summed E-state index contributed by atoms with van der Waals surface area (Å²) in [7, 11) is 3.22. The van der Waals surface area contributed by atoms with Crippen LogP contribution in [0.5, 0.6) is 0 Å². The molecule has 0 heterocycles. The number of hydrogen-bond acceptors (Lipinski definition) is 4. The van der Waals surface area contributed by atoms with Gasteiger partial charge in [-0.05, 0) is 31.5 Å². The zero-order valence-corrected chi connectivity index (χ0v) is 17.3. The molecular weight excluding hydrogens is 340 g/mol. The van der Waals surface area contributed by atoms with Gasteiger partial charge in [-0.25, -0.2) is 0 Å². The summed E-state index contributed by atoms with van der Waals surface area (Å²) in [6, 6.07) is 10.9. The number of nitrogens with zero attached hydrogens (tertiary/aromatic N) is 2. The minimum absolute atomic E-state index is 0.135. The second kappa shape index (κ2) is 14.0. The summed E-state index contributed by atoms with van der Waals surface area (Å²) < 4.78 is 4.65. The Labute approximate surface area is 164 Å². The minimum Gasteiger partial charge on any atom is -0.469 e. The number of likely N-dealkylation sites (N-methyl/N-ethyl adjacent to an activating group) is 1. The SMILES string of the molecule is CCN(CC)C(CNC(=NC)NCCCCCC(=O)OC)c1ccccc1. The van der Waals surface area contributed by atoms with E-state index in [9.17, 15) is 4.79 Å². The molecule has 1 aromatic carbocycles. The van der Waals surface area contributed by atoms with Crippen LogP contribution in [0.1, 0.15) is 51.1 Å². The lowest BCUT2D eigenvalue weighted by molar-refractivity contribution is -0.140. The summed E-state index contributed by atoms with van der Waals surface area (Å²) in [5, 5.41) is 6.82. The number of carbonyl (C=O) groups is 1. The average molecular weight is 377 g/mol. The molecule has 0 aromatic heterocycles. The molecule has 2 N–H and O–H groups in total. The van der Waals surface area contributed by atoms with Crippen molar-refractivity contribution < 1.29 is 9.53 Å². The van der Waals surface area contributed by atoms with Gasteiger partial charge in [0.25, 0.3) is 0 Å². The van der Waals surface area contributed by atoms with E-state index in [-0.39, 0.29) is 5.97 Å². The lowest BCUT2D eigenvalue weighted by atomic mass is 10.1. The largest absolute Gasteiger partial charge is 0.469 e. The predicted octanol–water partition coefficient (Wildman–Crippen LogP) is 2.97. The third-order valence-corrected chi connectivity index (χ3v) is 4.70. The van der Waals surface area contributed by atoms with Crippen molar-refractivity contribution in [3.8, 4) is 0 Å². The molecule has 0 amide bonds. The Morgan fingerprint density at radius 1 is 1.11 bits per heavy atom. The number of hydrogen-bond donors (Lipinski definition) is 2. The number of rotatable bonds is 12. The molecule has 0 saturated carbocycles. The van der Waals surface area contributed by atoms with Crippen molar-refractivity contribution in [2.24, 2.45) is 4.99 Å². The molecule has 0 aliphatic carbocycles. The molecule has 0 aliphatic rings. The van der Waals surface area contributed by atoms with Gasteiger partial charge in [-0.2, -0.15) is 0 Å². The van der Waals surface area contributed by atoms with Gasteiger partial charge in [-0.3, -0.25) is 14.7 Å². The number of guanidine groups is 1. The van der Waals surface area contributed by atoms with Crippen LogP contribution in [0.15, 0.2) is 35.3 Å². The van der Waals surface area contributed by atoms with Crippen molar-refractivity contribution in [1.29, 1.82) is 0 Å². The van der Waals surface area contributed by atoms with Gasteiger partial charge >= 0.3 is 5.97 Å². The summed E-state index contributed by atoms with van der Waals surface area (Å²) in [4.78, 5) is 17.9. The van der Waals surface area contributed by atoms with E-state index in [4.69, 9.17) is 0 Å². The Hall–Kier alpha value is -2.08. The quantitative estimate of drug-likeness (QED) is 0.254. The highest BCUT2D eigenvalue weighted by molar-refractivity contribution is 5.79. The molecule has 0 saturated heterocycles. The van der Waals surface area contributed by atoms with Gasteiger partial charge < -0.3 is 15.4 Å². The van der Waals surface area contributed by atoms with E-state index in [0.717, 1.165) is 51.4 Å². The number of ether oxygens (including phenoxy) is 1. The van der Waals surface area contributed by atoms with Gasteiger partial charge in [0.05, 0.1) is 13.2 Å². The van der Waals surface area contributed by atoms with E-state index in [0.29, 0.717) is 12.5 Å². The van der Waals surface area contributed by atoms with Gasteiger partial charge in [-0.15, -0.1) is 0 Å². The van der Waals surface area contributed by atoms with Gasteiger partial charge in [0.2, 0.25) is 0 Å². The maximum Gasteiger partial charge on any atom is 0.305 e. The number of nitrogens with one attached hydrogen (secondary N) is 2. The van der Waals surface area contributed by atoms with Gasteiger partial charge in [0.1, 0.15) is 0 Å². The standard InChI is InChI=1S/C21H36N4O2/c1-5-25(6-2)19(18-13-9-7-10-14-18)17-24-21(22-3)23-16-12-8-11-15-20(26)27-4/h7,9-10,13-14,19H,5-6,8,11-12,15-17H2,1-4H3,(H2,22,23,24). The topological polar surface area (TPSA) is 66.0 Å². The summed E-state index contributed by atoms with van der Waals surface area (Å²) in [5.41, 5.74) is 1.31. The molecule has 0 radical (unpaired) electrons. The van der Waals surface area contributed by atoms with Crippen LogP contribution in [-0.2, 0) is 9.53 Å². The Morgan fingerprint density at radius 3 is 2.41 bits per heavy atom. The van der Waals surface area contributed by atoms with Crippen molar-refractivity contribution in [3.05, 3.63) is 35.9 Å². The minimum atomic E-state index is -0.135. The van der Waals surface area contributed by atoms with Crippen molar-refractivity contribution >= 4 is 11.9 Å². The Balaban J connectivity index is 2.44. The van der Waals surface area contributed by atoms with E-state index in [1.54, 1.807) is 7.05 Å². The Morgan fingerprint density at radius 2 is 1.81 bits per heavy atom. The first-order valence-electron chi connectivity index (χ1n) is 9.96. The molecule has 1 aromatic rings. The summed E-state index contributed by atoms with van der Waals surface area (Å²) in [6.07, 6.45) is 3.34. The van der Waals surface area contributed by atoms with Gasteiger partial charge in [0, 0.05) is 26.6 Å². The van der Waals surface area contributed by atoms with Crippen LogP contribution in [-0.4, -0.2) is 57.2 Å². The van der Waals surface area contributed by atoms with Crippen molar-refractivity contribution in [2.45, 2.75) is 45.6 Å². The van der Waals surface area contributed by atoms with Crippen molar-refractivity contribution in [1.82, 2.24) is 15.5 Å². The van der Waals surface area contributed by atoms with Crippen LogP contribution in [0, 0.1) is 0 Å². The maximum atomic E-state index is 11.1. The van der Waals surface area contributed by atoms with Crippen molar-refractivity contribution in [2.75, 3.05) is 40.3 Å².